The maximum atomic E-state index is 10.8. The lowest BCUT2D eigenvalue weighted by Gasteiger charge is -2.06. The number of hydrogen-bond acceptors (Lipinski definition) is 7. The summed E-state index contributed by atoms with van der Waals surface area (Å²) in [5, 5.41) is 8.42. The molecular formula is C13H22O8. The first kappa shape index (κ1) is 17.8. The molecule has 1 N–H and O–H groups in total. The van der Waals surface area contributed by atoms with Crippen LogP contribution < -0.4 is 0 Å². The highest BCUT2D eigenvalue weighted by Crippen LogP contribution is 2.15. The van der Waals surface area contributed by atoms with Gasteiger partial charge in [-0.2, -0.15) is 0 Å². The summed E-state index contributed by atoms with van der Waals surface area (Å²) in [6.45, 7) is 4.30. The fourth-order valence-electron chi connectivity index (χ4n) is 1.73. The molecule has 0 aromatic carbocycles. The van der Waals surface area contributed by atoms with Crippen LogP contribution in [0.15, 0.2) is 0 Å². The molecule has 4 atom stereocenters. The molecule has 21 heavy (non-hydrogen) atoms. The number of carbonyl (C=O) groups is 2. The van der Waals surface area contributed by atoms with Crippen molar-refractivity contribution in [2.75, 3.05) is 20.3 Å². The predicted octanol–water partition coefficient (Wildman–Crippen LogP) is 0.533. The van der Waals surface area contributed by atoms with Crippen LogP contribution in [0, 0.1) is 0 Å². The predicted molar refractivity (Wildman–Crippen MR) is 69.5 cm³/mol. The number of hydrogen-bond donors (Lipinski definition) is 1. The molecule has 2 unspecified atom stereocenters. The molecule has 2 heterocycles. The minimum Gasteiger partial charge on any atom is -0.479 e. The number of aliphatic carboxylic acids is 1. The molecule has 0 radical (unpaired) electrons. The van der Waals surface area contributed by atoms with Crippen LogP contribution in [0.3, 0.4) is 0 Å². The third-order valence-corrected chi connectivity index (χ3v) is 2.91. The van der Waals surface area contributed by atoms with Gasteiger partial charge in [0.05, 0.1) is 20.3 Å². The number of carboxylic acid groups (broad SMARTS) is 1. The van der Waals surface area contributed by atoms with Crippen molar-refractivity contribution in [3.8, 4) is 0 Å². The Labute approximate surface area is 123 Å². The van der Waals surface area contributed by atoms with Crippen molar-refractivity contribution in [3.63, 3.8) is 0 Å². The zero-order chi connectivity index (χ0) is 15.8. The molecule has 2 aliphatic heterocycles. The standard InChI is InChI=1S/C7H12O4.C6H10O4/c1-3-6-10-4-5(11-6)7(8)9-2;1-2-5-9-3-4(10-5)6(7)8/h5-6H,3-4H2,1-2H3;4-5H,2-3H2,1H3,(H,7,8)/t5?,6-;4?,5-/m01/s1. The molecule has 0 spiro atoms. The average molecular weight is 306 g/mol. The summed E-state index contributed by atoms with van der Waals surface area (Å²) in [6, 6.07) is 0. The lowest BCUT2D eigenvalue weighted by atomic mass is 10.4. The Bertz CT molecular complexity index is 345. The van der Waals surface area contributed by atoms with Gasteiger partial charge >= 0.3 is 11.9 Å². The van der Waals surface area contributed by atoms with E-state index >= 15 is 0 Å². The van der Waals surface area contributed by atoms with Gasteiger partial charge in [-0.25, -0.2) is 9.59 Å². The molecular weight excluding hydrogens is 284 g/mol. The molecule has 2 fully saturated rings. The number of esters is 1. The highest BCUT2D eigenvalue weighted by molar-refractivity contribution is 5.74. The molecule has 0 aliphatic carbocycles. The van der Waals surface area contributed by atoms with Crippen LogP contribution in [0.2, 0.25) is 0 Å². The van der Waals surface area contributed by atoms with E-state index in [1.54, 1.807) is 0 Å². The van der Waals surface area contributed by atoms with Gasteiger partial charge in [-0.15, -0.1) is 0 Å². The van der Waals surface area contributed by atoms with Crippen molar-refractivity contribution in [3.05, 3.63) is 0 Å². The van der Waals surface area contributed by atoms with Gasteiger partial charge < -0.3 is 28.8 Å². The summed E-state index contributed by atoms with van der Waals surface area (Å²) in [5.41, 5.74) is 0. The van der Waals surface area contributed by atoms with E-state index < -0.39 is 18.2 Å². The van der Waals surface area contributed by atoms with Crippen LogP contribution in [-0.2, 0) is 33.3 Å². The van der Waals surface area contributed by atoms with Crippen molar-refractivity contribution in [1.29, 1.82) is 0 Å². The van der Waals surface area contributed by atoms with Crippen LogP contribution in [-0.4, -0.2) is 62.2 Å². The highest BCUT2D eigenvalue weighted by Gasteiger charge is 2.31. The van der Waals surface area contributed by atoms with Gasteiger partial charge in [-0.1, -0.05) is 13.8 Å². The number of carboxylic acids is 1. The van der Waals surface area contributed by atoms with E-state index in [-0.39, 0.29) is 25.2 Å². The lowest BCUT2D eigenvalue weighted by Crippen LogP contribution is -2.24. The fraction of sp³-hybridized carbons (Fsp3) is 0.846. The van der Waals surface area contributed by atoms with Crippen LogP contribution in [0.1, 0.15) is 26.7 Å². The number of methoxy groups -OCH3 is 1. The van der Waals surface area contributed by atoms with Crippen LogP contribution in [0.4, 0.5) is 0 Å². The van der Waals surface area contributed by atoms with Crippen LogP contribution in [0.25, 0.3) is 0 Å². The summed E-state index contributed by atoms with van der Waals surface area (Å²) < 4.78 is 24.7. The first-order valence-electron chi connectivity index (χ1n) is 6.86. The minimum atomic E-state index is -0.948. The van der Waals surface area contributed by atoms with E-state index in [0.29, 0.717) is 13.0 Å². The quantitative estimate of drug-likeness (QED) is 0.751. The minimum absolute atomic E-state index is 0.174. The normalized spacial score (nSPS) is 31.4. The Kier molecular flexibility index (Phi) is 7.58. The van der Waals surface area contributed by atoms with E-state index in [1.165, 1.54) is 7.11 Å². The average Bonchev–Trinajstić information content (AvgIpc) is 3.15. The molecule has 0 saturated carbocycles. The fourth-order valence-corrected chi connectivity index (χ4v) is 1.73. The number of rotatable bonds is 4. The van der Waals surface area contributed by atoms with Gasteiger partial charge in [0.25, 0.3) is 0 Å². The Morgan fingerprint density at radius 3 is 1.86 bits per heavy atom. The zero-order valence-corrected chi connectivity index (χ0v) is 12.4. The molecule has 0 amide bonds. The van der Waals surface area contributed by atoms with Crippen molar-refractivity contribution in [1.82, 2.24) is 0 Å². The molecule has 0 aromatic rings. The van der Waals surface area contributed by atoms with Gasteiger partial charge in [0, 0.05) is 0 Å². The Balaban J connectivity index is 0.000000211. The van der Waals surface area contributed by atoms with Crippen molar-refractivity contribution < 1.29 is 38.4 Å². The van der Waals surface area contributed by atoms with E-state index in [1.807, 2.05) is 13.8 Å². The highest BCUT2D eigenvalue weighted by atomic mass is 16.7. The molecule has 122 valence electrons. The Morgan fingerprint density at radius 2 is 1.52 bits per heavy atom. The van der Waals surface area contributed by atoms with Gasteiger partial charge in [-0.05, 0) is 12.8 Å². The van der Waals surface area contributed by atoms with E-state index in [2.05, 4.69) is 4.74 Å². The molecule has 2 saturated heterocycles. The summed E-state index contributed by atoms with van der Waals surface area (Å²) in [6.07, 6.45) is -0.382. The SMILES string of the molecule is CC[C@@H]1OCC(C(=O)O)O1.CC[C@H]1OCC(C(=O)OC)O1. The van der Waals surface area contributed by atoms with E-state index in [0.717, 1.165) is 6.42 Å². The molecule has 0 aromatic heterocycles. The smallest absolute Gasteiger partial charge is 0.337 e. The summed E-state index contributed by atoms with van der Waals surface area (Å²) in [5.74, 6) is -1.31. The van der Waals surface area contributed by atoms with Crippen LogP contribution >= 0.6 is 0 Å². The molecule has 2 rings (SSSR count). The van der Waals surface area contributed by atoms with Crippen LogP contribution in [0.5, 0.6) is 0 Å². The van der Waals surface area contributed by atoms with E-state index in [9.17, 15) is 9.59 Å². The second-order valence-corrected chi connectivity index (χ2v) is 4.45. The maximum Gasteiger partial charge on any atom is 0.337 e. The lowest BCUT2D eigenvalue weighted by molar-refractivity contribution is -0.154. The third kappa shape index (κ3) is 5.58. The topological polar surface area (TPSA) is 101 Å². The summed E-state index contributed by atoms with van der Waals surface area (Å²) >= 11 is 0. The largest absolute Gasteiger partial charge is 0.479 e. The van der Waals surface area contributed by atoms with E-state index in [4.69, 9.17) is 24.1 Å². The molecule has 8 nitrogen and oxygen atoms in total. The summed E-state index contributed by atoms with van der Waals surface area (Å²) in [7, 11) is 1.34. The first-order valence-corrected chi connectivity index (χ1v) is 6.86. The van der Waals surface area contributed by atoms with Gasteiger partial charge in [0.1, 0.15) is 0 Å². The number of carbonyl (C=O) groups excluding carboxylic acids is 1. The third-order valence-electron chi connectivity index (χ3n) is 2.91. The monoisotopic (exact) mass is 306 g/mol. The van der Waals surface area contributed by atoms with Gasteiger partial charge in [0.2, 0.25) is 0 Å². The first-order chi connectivity index (χ1) is 10.0. The Hall–Kier alpha value is -1.22. The molecule has 8 heteroatoms. The number of ether oxygens (including phenoxy) is 5. The summed E-state index contributed by atoms with van der Waals surface area (Å²) in [4.78, 5) is 21.1. The second kappa shape index (κ2) is 8.93. The molecule has 2 aliphatic rings. The van der Waals surface area contributed by atoms with Crippen molar-refractivity contribution in [2.45, 2.75) is 51.5 Å². The van der Waals surface area contributed by atoms with Gasteiger partial charge in [0.15, 0.2) is 24.8 Å². The maximum absolute atomic E-state index is 10.8. The Morgan fingerprint density at radius 1 is 1.05 bits per heavy atom. The van der Waals surface area contributed by atoms with Crippen molar-refractivity contribution >= 4 is 11.9 Å². The molecule has 0 bridgehead atoms. The van der Waals surface area contributed by atoms with Gasteiger partial charge in [-0.3, -0.25) is 0 Å². The van der Waals surface area contributed by atoms with Crippen molar-refractivity contribution in [2.24, 2.45) is 0 Å². The second-order valence-electron chi connectivity index (χ2n) is 4.45. The zero-order valence-electron chi connectivity index (χ0n) is 12.4.